The van der Waals surface area contributed by atoms with Crippen LogP contribution < -0.4 is 20.4 Å². The minimum absolute atomic E-state index is 0.0443. The average Bonchev–Trinajstić information content (AvgIpc) is 3.39. The molecule has 0 aliphatic carbocycles. The van der Waals surface area contributed by atoms with Gasteiger partial charge in [-0.1, -0.05) is 11.3 Å². The SMILES string of the molecule is O=C(NC[C@H]1CN(c2ccc(N3CCON(C(=O)Nc4nncs4)CC3)c(F)c2)C(=O)O1)C(F)F. The Labute approximate surface area is 200 Å². The predicted molar refractivity (Wildman–Crippen MR) is 117 cm³/mol. The monoisotopic (exact) mass is 515 g/mol. The van der Waals surface area contributed by atoms with Gasteiger partial charge in [0.1, 0.15) is 17.4 Å². The van der Waals surface area contributed by atoms with E-state index in [2.05, 4.69) is 15.5 Å². The molecule has 0 saturated carbocycles. The number of nitrogens with zero attached hydrogens (tertiary/aromatic N) is 5. The van der Waals surface area contributed by atoms with Crippen molar-refractivity contribution in [1.29, 1.82) is 0 Å². The maximum Gasteiger partial charge on any atom is 0.414 e. The molecule has 35 heavy (non-hydrogen) atoms. The summed E-state index contributed by atoms with van der Waals surface area (Å²) in [6.07, 6.45) is -4.81. The highest BCUT2D eigenvalue weighted by Crippen LogP contribution is 2.28. The number of ether oxygens (including phenoxy) is 1. The van der Waals surface area contributed by atoms with Crippen molar-refractivity contribution in [3.63, 3.8) is 0 Å². The number of anilines is 3. The highest BCUT2D eigenvalue weighted by Gasteiger charge is 2.33. The van der Waals surface area contributed by atoms with Crippen molar-refractivity contribution in [2.75, 3.05) is 54.4 Å². The van der Waals surface area contributed by atoms with Gasteiger partial charge in [0.2, 0.25) is 5.13 Å². The number of nitrogens with one attached hydrogen (secondary N) is 2. The molecule has 2 saturated heterocycles. The number of carbonyl (C=O) groups excluding carboxylic acids is 3. The zero-order chi connectivity index (χ0) is 24.9. The minimum Gasteiger partial charge on any atom is -0.442 e. The van der Waals surface area contributed by atoms with Crippen LogP contribution in [0.1, 0.15) is 0 Å². The fraction of sp³-hybridized carbons (Fsp3) is 0.421. The molecule has 1 atom stereocenters. The van der Waals surface area contributed by atoms with Crippen LogP contribution in [0.5, 0.6) is 0 Å². The number of hydroxylamine groups is 2. The molecule has 12 nitrogen and oxygen atoms in total. The molecular formula is C19H20F3N7O5S. The molecule has 2 aliphatic heterocycles. The Hall–Kier alpha value is -3.66. The first-order valence-corrected chi connectivity index (χ1v) is 11.3. The standard InChI is InChI=1S/C19H20F3N7O5S/c20-13-7-11(28-9-12(34-19(28)32)8-23-16(30)15(21)22)1-2-14(13)27-3-4-29(33-6-5-27)18(31)25-17-26-24-10-35-17/h1-2,7,10,12,15H,3-6,8-9H2,(H,23,30)(H,25,26,31)/t12-/m0/s1. The summed E-state index contributed by atoms with van der Waals surface area (Å²) in [4.78, 5) is 43.8. The molecule has 3 heterocycles. The topological polar surface area (TPSA) is 129 Å². The Balaban J connectivity index is 1.35. The van der Waals surface area contributed by atoms with Crippen molar-refractivity contribution in [1.82, 2.24) is 20.6 Å². The van der Waals surface area contributed by atoms with Gasteiger partial charge in [-0.2, -0.15) is 8.78 Å². The van der Waals surface area contributed by atoms with Crippen LogP contribution in [0, 0.1) is 5.82 Å². The summed E-state index contributed by atoms with van der Waals surface area (Å²) in [5.74, 6) is -2.08. The summed E-state index contributed by atoms with van der Waals surface area (Å²) < 4.78 is 44.7. The van der Waals surface area contributed by atoms with Gasteiger partial charge >= 0.3 is 18.5 Å². The van der Waals surface area contributed by atoms with E-state index in [0.717, 1.165) is 27.4 Å². The van der Waals surface area contributed by atoms with Gasteiger partial charge in [-0.25, -0.2) is 19.0 Å². The molecule has 2 aliphatic rings. The third-order valence-corrected chi connectivity index (χ3v) is 5.75. The van der Waals surface area contributed by atoms with Gasteiger partial charge in [-0.3, -0.25) is 19.8 Å². The summed E-state index contributed by atoms with van der Waals surface area (Å²) in [6.45, 7) is 0.514. The highest BCUT2D eigenvalue weighted by atomic mass is 32.1. The van der Waals surface area contributed by atoms with Gasteiger partial charge in [0.25, 0.3) is 5.91 Å². The Bertz CT molecular complexity index is 1080. The number of halogens is 3. The Morgan fingerprint density at radius 2 is 2.09 bits per heavy atom. The van der Waals surface area contributed by atoms with Gasteiger partial charge < -0.3 is 15.0 Å². The van der Waals surface area contributed by atoms with Crippen molar-refractivity contribution in [2.45, 2.75) is 12.5 Å². The van der Waals surface area contributed by atoms with E-state index < -0.39 is 36.4 Å². The molecule has 2 N–H and O–H groups in total. The molecule has 16 heteroatoms. The fourth-order valence-electron chi connectivity index (χ4n) is 3.48. The molecule has 0 spiro atoms. The molecule has 188 valence electrons. The van der Waals surface area contributed by atoms with Crippen LogP contribution in [-0.2, 0) is 14.4 Å². The van der Waals surface area contributed by atoms with E-state index in [0.29, 0.717) is 11.7 Å². The van der Waals surface area contributed by atoms with Crippen LogP contribution in [0.25, 0.3) is 0 Å². The average molecular weight is 515 g/mol. The normalized spacial score (nSPS) is 18.5. The largest absolute Gasteiger partial charge is 0.442 e. The lowest BCUT2D eigenvalue weighted by Gasteiger charge is -2.23. The smallest absolute Gasteiger partial charge is 0.414 e. The molecule has 2 fully saturated rings. The first kappa shape index (κ1) is 24.5. The Morgan fingerprint density at radius 1 is 1.26 bits per heavy atom. The molecule has 4 amide bonds. The maximum absolute atomic E-state index is 15.0. The number of amides is 4. The van der Waals surface area contributed by atoms with E-state index in [1.165, 1.54) is 17.6 Å². The molecular weight excluding hydrogens is 495 g/mol. The summed E-state index contributed by atoms with van der Waals surface area (Å²) in [5.41, 5.74) is 1.93. The van der Waals surface area contributed by atoms with Gasteiger partial charge in [-0.05, 0) is 18.2 Å². The molecule has 0 radical (unpaired) electrons. The summed E-state index contributed by atoms with van der Waals surface area (Å²) in [5, 5.41) is 13.4. The van der Waals surface area contributed by atoms with Crippen LogP contribution in [0.3, 0.4) is 0 Å². The van der Waals surface area contributed by atoms with Gasteiger partial charge in [0, 0.05) is 13.1 Å². The molecule has 0 unspecified atom stereocenters. The third-order valence-electron chi connectivity index (χ3n) is 5.14. The zero-order valence-electron chi connectivity index (χ0n) is 18.0. The number of hydrogen-bond donors (Lipinski definition) is 2. The van der Waals surface area contributed by atoms with E-state index in [9.17, 15) is 27.6 Å². The molecule has 4 rings (SSSR count). The lowest BCUT2D eigenvalue weighted by Crippen LogP contribution is -2.37. The van der Waals surface area contributed by atoms with Gasteiger partial charge in [0.15, 0.2) is 0 Å². The molecule has 1 aromatic heterocycles. The van der Waals surface area contributed by atoms with Gasteiger partial charge in [-0.15, -0.1) is 10.2 Å². The van der Waals surface area contributed by atoms with Crippen LogP contribution >= 0.6 is 11.3 Å². The first-order valence-electron chi connectivity index (χ1n) is 10.4. The second-order valence-electron chi connectivity index (χ2n) is 7.39. The van der Waals surface area contributed by atoms with E-state index in [4.69, 9.17) is 9.57 Å². The van der Waals surface area contributed by atoms with E-state index in [1.54, 1.807) is 4.90 Å². The number of benzene rings is 1. The second-order valence-corrected chi connectivity index (χ2v) is 8.23. The molecule has 2 aromatic rings. The van der Waals surface area contributed by atoms with Crippen LogP contribution in [0.15, 0.2) is 23.7 Å². The van der Waals surface area contributed by atoms with Crippen LogP contribution in [0.4, 0.5) is 39.3 Å². The number of carbonyl (C=O) groups is 3. The van der Waals surface area contributed by atoms with Crippen LogP contribution in [-0.4, -0.2) is 85.2 Å². The minimum atomic E-state index is -3.18. The van der Waals surface area contributed by atoms with Crippen molar-refractivity contribution in [3.8, 4) is 0 Å². The quantitative estimate of drug-likeness (QED) is 0.595. The summed E-state index contributed by atoms with van der Waals surface area (Å²) in [6, 6.07) is 3.64. The number of hydrogen-bond acceptors (Lipinski definition) is 9. The van der Waals surface area contributed by atoms with Crippen molar-refractivity contribution in [2.24, 2.45) is 0 Å². The zero-order valence-corrected chi connectivity index (χ0v) is 18.8. The van der Waals surface area contributed by atoms with Crippen molar-refractivity contribution < 1.29 is 37.1 Å². The summed E-state index contributed by atoms with van der Waals surface area (Å²) in [7, 11) is 0. The second kappa shape index (κ2) is 10.7. The summed E-state index contributed by atoms with van der Waals surface area (Å²) >= 11 is 1.15. The Kier molecular flexibility index (Phi) is 7.50. The predicted octanol–water partition coefficient (Wildman–Crippen LogP) is 1.67. The van der Waals surface area contributed by atoms with Crippen LogP contribution in [0.2, 0.25) is 0 Å². The van der Waals surface area contributed by atoms with Crippen molar-refractivity contribution >= 4 is 45.9 Å². The fourth-order valence-corrected chi connectivity index (χ4v) is 3.92. The number of urea groups is 1. The number of aromatic nitrogens is 2. The number of rotatable bonds is 6. The Morgan fingerprint density at radius 3 is 2.80 bits per heavy atom. The lowest BCUT2D eigenvalue weighted by atomic mass is 10.2. The molecule has 1 aromatic carbocycles. The first-order chi connectivity index (χ1) is 16.8. The van der Waals surface area contributed by atoms with Gasteiger partial charge in [0.05, 0.1) is 37.6 Å². The number of alkyl halides is 2. The molecule has 0 bridgehead atoms. The van der Waals surface area contributed by atoms with Crippen molar-refractivity contribution in [3.05, 3.63) is 29.5 Å². The highest BCUT2D eigenvalue weighted by molar-refractivity contribution is 7.13. The third kappa shape index (κ3) is 5.89. The number of cyclic esters (lactones) is 1. The van der Waals surface area contributed by atoms with E-state index in [1.807, 2.05) is 5.32 Å². The maximum atomic E-state index is 15.0. The van der Waals surface area contributed by atoms with E-state index in [-0.39, 0.29) is 44.2 Å². The lowest BCUT2D eigenvalue weighted by molar-refractivity contribution is -0.132. The van der Waals surface area contributed by atoms with E-state index >= 15 is 0 Å².